The summed E-state index contributed by atoms with van der Waals surface area (Å²) in [5.74, 6) is -0.827. The zero-order valence-corrected chi connectivity index (χ0v) is 17.7. The Kier molecular flexibility index (Phi) is 6.57. The molecule has 0 aliphatic carbocycles. The van der Waals surface area contributed by atoms with E-state index >= 15 is 0 Å². The topological polar surface area (TPSA) is 76.1 Å². The minimum absolute atomic E-state index is 0.0322. The van der Waals surface area contributed by atoms with Crippen molar-refractivity contribution in [1.82, 2.24) is 4.90 Å². The molecule has 1 heterocycles. The highest BCUT2D eigenvalue weighted by atomic mass is 16.5. The van der Waals surface area contributed by atoms with Crippen molar-refractivity contribution in [2.75, 3.05) is 20.3 Å². The summed E-state index contributed by atoms with van der Waals surface area (Å²) in [5.41, 5.74) is 2.33. The lowest BCUT2D eigenvalue weighted by Gasteiger charge is -2.25. The molecule has 0 spiro atoms. The highest BCUT2D eigenvalue weighted by molar-refractivity contribution is 6.46. The Morgan fingerprint density at radius 3 is 2.27 bits per heavy atom. The van der Waals surface area contributed by atoms with Gasteiger partial charge in [0.2, 0.25) is 0 Å². The fraction of sp³-hybridized carbons (Fsp3) is 0.333. The Hall–Kier alpha value is -3.12. The maximum Gasteiger partial charge on any atom is 0.295 e. The molecule has 6 nitrogen and oxygen atoms in total. The molecule has 0 bridgehead atoms. The van der Waals surface area contributed by atoms with Gasteiger partial charge in [0.05, 0.1) is 24.3 Å². The quantitative estimate of drug-likeness (QED) is 0.427. The van der Waals surface area contributed by atoms with Crippen LogP contribution in [0.5, 0.6) is 5.75 Å². The van der Waals surface area contributed by atoms with E-state index in [-0.39, 0.29) is 30.6 Å². The molecular weight excluding hydrogens is 382 g/mol. The van der Waals surface area contributed by atoms with Gasteiger partial charge in [0.25, 0.3) is 11.7 Å². The largest absolute Gasteiger partial charge is 0.507 e. The second kappa shape index (κ2) is 9.13. The summed E-state index contributed by atoms with van der Waals surface area (Å²) in [6.07, 6.45) is 0.0322. The van der Waals surface area contributed by atoms with Gasteiger partial charge in [-0.15, -0.1) is 0 Å². The third kappa shape index (κ3) is 4.39. The van der Waals surface area contributed by atoms with Gasteiger partial charge in [-0.3, -0.25) is 9.59 Å². The average Bonchev–Trinajstić information content (AvgIpc) is 2.97. The van der Waals surface area contributed by atoms with E-state index < -0.39 is 17.7 Å². The molecule has 0 radical (unpaired) electrons. The summed E-state index contributed by atoms with van der Waals surface area (Å²) >= 11 is 0. The maximum absolute atomic E-state index is 12.9. The summed E-state index contributed by atoms with van der Waals surface area (Å²) in [5, 5.41) is 11.0. The number of ketones is 1. The van der Waals surface area contributed by atoms with Crippen LogP contribution >= 0.6 is 0 Å². The first kappa shape index (κ1) is 21.6. The van der Waals surface area contributed by atoms with Crippen LogP contribution in [0.3, 0.4) is 0 Å². The summed E-state index contributed by atoms with van der Waals surface area (Å²) in [7, 11) is 1.54. The maximum atomic E-state index is 12.9. The fourth-order valence-corrected chi connectivity index (χ4v) is 3.51. The number of carbonyl (C=O) groups is 2. The van der Waals surface area contributed by atoms with Crippen molar-refractivity contribution in [1.29, 1.82) is 0 Å². The van der Waals surface area contributed by atoms with Crippen molar-refractivity contribution < 1.29 is 24.2 Å². The summed E-state index contributed by atoms with van der Waals surface area (Å²) < 4.78 is 10.8. The smallest absolute Gasteiger partial charge is 0.295 e. The van der Waals surface area contributed by atoms with E-state index in [4.69, 9.17) is 9.47 Å². The van der Waals surface area contributed by atoms with E-state index in [9.17, 15) is 14.7 Å². The molecule has 30 heavy (non-hydrogen) atoms. The van der Waals surface area contributed by atoms with E-state index in [0.29, 0.717) is 11.3 Å². The van der Waals surface area contributed by atoms with Crippen molar-refractivity contribution in [2.24, 2.45) is 0 Å². The predicted octanol–water partition coefficient (Wildman–Crippen LogP) is 3.85. The Morgan fingerprint density at radius 1 is 1.07 bits per heavy atom. The minimum atomic E-state index is -0.699. The van der Waals surface area contributed by atoms with Gasteiger partial charge >= 0.3 is 0 Å². The number of benzene rings is 2. The molecule has 3 rings (SSSR count). The number of Topliss-reactive ketones (excluding diaryl/α,β-unsaturated/α-hetero) is 1. The molecule has 1 N–H and O–H groups in total. The Labute approximate surface area is 176 Å². The lowest BCUT2D eigenvalue weighted by Crippen LogP contribution is -2.32. The second-order valence-corrected chi connectivity index (χ2v) is 7.59. The predicted molar refractivity (Wildman–Crippen MR) is 114 cm³/mol. The summed E-state index contributed by atoms with van der Waals surface area (Å²) in [6, 6.07) is 13.7. The van der Waals surface area contributed by atoms with Gasteiger partial charge < -0.3 is 19.5 Å². The normalized spacial score (nSPS) is 18.3. The molecule has 1 fully saturated rings. The zero-order chi connectivity index (χ0) is 21.8. The van der Waals surface area contributed by atoms with Gasteiger partial charge in [-0.25, -0.2) is 0 Å². The van der Waals surface area contributed by atoms with Gasteiger partial charge in [-0.1, -0.05) is 42.0 Å². The molecular formula is C24H27NO5. The number of amides is 1. The molecule has 0 saturated carbocycles. The fourth-order valence-electron chi connectivity index (χ4n) is 3.51. The van der Waals surface area contributed by atoms with Crippen LogP contribution < -0.4 is 4.74 Å². The lowest BCUT2D eigenvalue weighted by molar-refractivity contribution is -0.140. The molecule has 1 saturated heterocycles. The van der Waals surface area contributed by atoms with Crippen molar-refractivity contribution in [3.8, 4) is 5.75 Å². The summed E-state index contributed by atoms with van der Waals surface area (Å²) in [4.78, 5) is 27.1. The molecule has 2 aromatic rings. The van der Waals surface area contributed by atoms with E-state index in [2.05, 4.69) is 0 Å². The van der Waals surface area contributed by atoms with Crippen LogP contribution in [0.15, 0.2) is 54.1 Å². The molecule has 1 atom stereocenters. The number of aliphatic hydroxyl groups is 1. The number of likely N-dealkylation sites (tertiary alicyclic amines) is 1. The number of ether oxygens (including phenoxy) is 2. The first-order valence-electron chi connectivity index (χ1n) is 9.94. The monoisotopic (exact) mass is 409 g/mol. The number of hydrogen-bond donors (Lipinski definition) is 1. The number of nitrogens with zero attached hydrogens (tertiary/aromatic N) is 1. The molecule has 2 aromatic carbocycles. The Balaban J connectivity index is 2.08. The van der Waals surface area contributed by atoms with Crippen LogP contribution in [0.2, 0.25) is 0 Å². The first-order chi connectivity index (χ1) is 14.3. The molecule has 0 aromatic heterocycles. The molecule has 1 unspecified atom stereocenters. The second-order valence-electron chi connectivity index (χ2n) is 7.59. The van der Waals surface area contributed by atoms with Crippen molar-refractivity contribution in [2.45, 2.75) is 32.9 Å². The number of rotatable bonds is 7. The molecule has 1 aliphatic rings. The summed E-state index contributed by atoms with van der Waals surface area (Å²) in [6.45, 7) is 6.34. The molecule has 6 heteroatoms. The van der Waals surface area contributed by atoms with Crippen LogP contribution in [-0.4, -0.2) is 48.1 Å². The van der Waals surface area contributed by atoms with Gasteiger partial charge in [0, 0.05) is 19.2 Å². The van der Waals surface area contributed by atoms with Crippen LogP contribution in [0.25, 0.3) is 5.76 Å². The number of carbonyl (C=O) groups excluding carboxylic acids is 2. The van der Waals surface area contributed by atoms with E-state index in [0.717, 1.165) is 11.1 Å². The van der Waals surface area contributed by atoms with Gasteiger partial charge in [0.1, 0.15) is 11.5 Å². The number of aliphatic hydroxyl groups excluding tert-OH is 1. The number of methoxy groups -OCH3 is 1. The van der Waals surface area contributed by atoms with Gasteiger partial charge in [0.15, 0.2) is 0 Å². The lowest BCUT2D eigenvalue weighted by atomic mass is 9.95. The third-order valence-electron chi connectivity index (χ3n) is 4.97. The first-order valence-corrected chi connectivity index (χ1v) is 9.94. The Bertz CT molecular complexity index is 945. The van der Waals surface area contributed by atoms with E-state index in [1.807, 2.05) is 45.0 Å². The van der Waals surface area contributed by atoms with Crippen LogP contribution in [-0.2, 0) is 14.3 Å². The van der Waals surface area contributed by atoms with Gasteiger partial charge in [-0.2, -0.15) is 0 Å². The SMILES string of the molecule is COCCN1C(=O)C(=O)/C(=C(\O)c2ccc(C)cc2)C1c1ccc(OC(C)C)cc1. The molecule has 158 valence electrons. The van der Waals surface area contributed by atoms with Crippen LogP contribution in [0, 0.1) is 6.92 Å². The number of hydrogen-bond acceptors (Lipinski definition) is 5. The van der Waals surface area contributed by atoms with Gasteiger partial charge in [-0.05, 0) is 38.5 Å². The van der Waals surface area contributed by atoms with E-state index in [1.165, 1.54) is 12.0 Å². The standard InChI is InChI=1S/C24H27NO5/c1-15(2)30-19-11-9-17(10-12-19)21-20(22(26)18-7-5-16(3)6-8-18)23(27)24(28)25(21)13-14-29-4/h5-12,15,21,26H,13-14H2,1-4H3/b22-20-. The van der Waals surface area contributed by atoms with E-state index in [1.54, 1.807) is 24.3 Å². The van der Waals surface area contributed by atoms with Crippen LogP contribution in [0.4, 0.5) is 0 Å². The third-order valence-corrected chi connectivity index (χ3v) is 4.97. The number of aryl methyl sites for hydroxylation is 1. The minimum Gasteiger partial charge on any atom is -0.507 e. The van der Waals surface area contributed by atoms with Crippen molar-refractivity contribution >= 4 is 17.4 Å². The van der Waals surface area contributed by atoms with Crippen molar-refractivity contribution in [3.05, 3.63) is 70.8 Å². The highest BCUT2D eigenvalue weighted by Gasteiger charge is 2.45. The average molecular weight is 409 g/mol. The van der Waals surface area contributed by atoms with Crippen LogP contribution in [0.1, 0.15) is 36.6 Å². The van der Waals surface area contributed by atoms with Crippen molar-refractivity contribution in [3.63, 3.8) is 0 Å². The zero-order valence-electron chi connectivity index (χ0n) is 17.7. The molecule has 1 amide bonds. The Morgan fingerprint density at radius 2 is 1.70 bits per heavy atom. The molecule has 1 aliphatic heterocycles. The highest BCUT2D eigenvalue weighted by Crippen LogP contribution is 2.39.